The molecule has 1 atom stereocenters. The van der Waals surface area contributed by atoms with Gasteiger partial charge in [0.05, 0.1) is 0 Å². The third kappa shape index (κ3) is 84.2. The molecule has 0 fully saturated rings. The molecule has 0 bridgehead atoms. The first kappa shape index (κ1) is 11.5. The normalized spacial score (nSPS) is 11.1. The molecule has 0 rings (SSSR count). The van der Waals surface area contributed by atoms with Crippen molar-refractivity contribution in [1.29, 1.82) is 0 Å². The maximum absolute atomic E-state index is 9.44. The Morgan fingerprint density at radius 2 is 1.67 bits per heavy atom. The first-order chi connectivity index (χ1) is 4.00. The Labute approximate surface area is 57.1 Å². The molecule has 0 aliphatic heterocycles. The van der Waals surface area contributed by atoms with Crippen molar-refractivity contribution in [3.63, 3.8) is 0 Å². The van der Waals surface area contributed by atoms with E-state index in [1.54, 1.807) is 0 Å². The van der Waals surface area contributed by atoms with E-state index in [2.05, 4.69) is 0 Å². The topological polar surface area (TPSA) is 69.2 Å². The van der Waals surface area contributed by atoms with Crippen LogP contribution in [0.25, 0.3) is 0 Å². The number of hydrogen-bond donors (Lipinski definition) is 1. The number of carbonyl (C=O) groups is 1. The molecule has 0 saturated carbocycles. The van der Waals surface area contributed by atoms with Gasteiger partial charge in [0.25, 0.3) is 0 Å². The minimum Gasteiger partial charge on any atom is -0.760 e. The van der Waals surface area contributed by atoms with E-state index in [0.29, 0.717) is 0 Å². The van der Waals surface area contributed by atoms with Crippen molar-refractivity contribution in [2.75, 3.05) is 7.05 Å². The van der Waals surface area contributed by atoms with E-state index in [1.165, 1.54) is 20.9 Å². The van der Waals surface area contributed by atoms with E-state index in [-0.39, 0.29) is 5.78 Å². The molecule has 0 aliphatic rings. The summed E-state index contributed by atoms with van der Waals surface area (Å²) < 4.78 is 20.5. The summed E-state index contributed by atoms with van der Waals surface area (Å²) in [5.74, 6) is 0.167. The summed E-state index contributed by atoms with van der Waals surface area (Å²) in [5, 5.41) is 0. The van der Waals surface area contributed by atoms with Gasteiger partial charge in [-0.2, -0.15) is 0 Å². The zero-order chi connectivity index (χ0) is 7.86. The molecule has 0 aromatic carbocycles. The highest BCUT2D eigenvalue weighted by atomic mass is 32.2. The van der Waals surface area contributed by atoms with Crippen LogP contribution in [0.15, 0.2) is 0 Å². The quantitative estimate of drug-likeness (QED) is 0.519. The summed E-state index contributed by atoms with van der Waals surface area (Å²) in [7, 11) is 1.34. The number of nitrogens with one attached hydrogen (secondary N) is 1. The Morgan fingerprint density at radius 3 is 1.67 bits per heavy atom. The van der Waals surface area contributed by atoms with Crippen LogP contribution in [0.3, 0.4) is 0 Å². The molecule has 1 unspecified atom stereocenters. The van der Waals surface area contributed by atoms with Crippen molar-refractivity contribution in [3.8, 4) is 0 Å². The van der Waals surface area contributed by atoms with E-state index in [4.69, 9.17) is 0 Å². The SMILES string of the molecule is CC(C)=O.CNS(=O)[O-]. The van der Waals surface area contributed by atoms with Gasteiger partial charge in [-0.1, -0.05) is 0 Å². The van der Waals surface area contributed by atoms with Crippen molar-refractivity contribution in [1.82, 2.24) is 4.72 Å². The van der Waals surface area contributed by atoms with Crippen LogP contribution in [0, 0.1) is 0 Å². The van der Waals surface area contributed by atoms with Crippen LogP contribution in [0.5, 0.6) is 0 Å². The average Bonchev–Trinajstić information content (AvgIpc) is 1.65. The van der Waals surface area contributed by atoms with Crippen molar-refractivity contribution in [3.05, 3.63) is 0 Å². The summed E-state index contributed by atoms with van der Waals surface area (Å²) in [6.07, 6.45) is 0. The minimum absolute atomic E-state index is 0.167. The largest absolute Gasteiger partial charge is 0.760 e. The zero-order valence-electron chi connectivity index (χ0n) is 5.63. The highest BCUT2D eigenvalue weighted by molar-refractivity contribution is 7.77. The molecule has 1 N–H and O–H groups in total. The summed E-state index contributed by atoms with van der Waals surface area (Å²) in [4.78, 5) is 9.44. The standard InChI is InChI=1S/C3H6O.CH5NO2S/c1-3(2)4;1-2-5(3)4/h1-2H3;2H,1H3,(H,3,4)/p-1. The van der Waals surface area contributed by atoms with Crippen molar-refractivity contribution in [2.24, 2.45) is 0 Å². The number of rotatable bonds is 1. The van der Waals surface area contributed by atoms with Crippen LogP contribution in [-0.4, -0.2) is 21.6 Å². The number of ketones is 1. The van der Waals surface area contributed by atoms with Crippen LogP contribution in [0.1, 0.15) is 13.8 Å². The Hall–Kier alpha value is -0.260. The van der Waals surface area contributed by atoms with Crippen molar-refractivity contribution in [2.45, 2.75) is 13.8 Å². The molecular formula is C4H10NO3S-. The van der Waals surface area contributed by atoms with Gasteiger partial charge in [0, 0.05) is 11.3 Å². The molecule has 9 heavy (non-hydrogen) atoms. The molecule has 0 aromatic rings. The number of hydrogen-bond acceptors (Lipinski definition) is 3. The Balaban J connectivity index is 0. The van der Waals surface area contributed by atoms with Gasteiger partial charge in [-0.3, -0.25) is 8.93 Å². The lowest BCUT2D eigenvalue weighted by Gasteiger charge is -1.95. The van der Waals surface area contributed by atoms with Gasteiger partial charge >= 0.3 is 0 Å². The van der Waals surface area contributed by atoms with Gasteiger partial charge in [-0.25, -0.2) is 0 Å². The summed E-state index contributed by atoms with van der Waals surface area (Å²) in [5.41, 5.74) is 0. The Kier molecular flexibility index (Phi) is 9.91. The van der Waals surface area contributed by atoms with Gasteiger partial charge in [0.15, 0.2) is 0 Å². The molecule has 0 radical (unpaired) electrons. The van der Waals surface area contributed by atoms with Gasteiger partial charge in [0.2, 0.25) is 0 Å². The third-order valence-corrected chi connectivity index (χ3v) is 0.500. The highest BCUT2D eigenvalue weighted by Gasteiger charge is 1.62. The number of Topliss-reactive ketones (excluding diaryl/α,β-unsaturated/α-hetero) is 1. The lowest BCUT2D eigenvalue weighted by Crippen LogP contribution is -2.07. The maximum atomic E-state index is 9.44. The Bertz CT molecular complexity index is 100.0. The second-order valence-electron chi connectivity index (χ2n) is 1.35. The fourth-order valence-corrected chi connectivity index (χ4v) is 0. The predicted molar refractivity (Wildman–Crippen MR) is 34.3 cm³/mol. The van der Waals surface area contributed by atoms with Crippen molar-refractivity contribution >= 4 is 17.0 Å². The molecule has 0 aliphatic carbocycles. The Morgan fingerprint density at radius 1 is 1.56 bits per heavy atom. The second-order valence-corrected chi connectivity index (χ2v) is 2.22. The maximum Gasteiger partial charge on any atom is 0.126 e. The lowest BCUT2D eigenvalue weighted by atomic mass is 10.6. The second kappa shape index (κ2) is 7.74. The monoisotopic (exact) mass is 152 g/mol. The summed E-state index contributed by atoms with van der Waals surface area (Å²) >= 11 is -2.07. The molecule has 0 spiro atoms. The minimum atomic E-state index is -2.07. The molecule has 0 heterocycles. The molecule has 56 valence electrons. The highest BCUT2D eigenvalue weighted by Crippen LogP contribution is 1.50. The molecule has 0 aromatic heterocycles. The van der Waals surface area contributed by atoms with Crippen LogP contribution >= 0.6 is 0 Å². The van der Waals surface area contributed by atoms with E-state index in [1.807, 2.05) is 4.72 Å². The van der Waals surface area contributed by atoms with Gasteiger partial charge in [-0.15, -0.1) is 0 Å². The molecule has 0 amide bonds. The smallest absolute Gasteiger partial charge is 0.126 e. The molecule has 0 saturated heterocycles. The van der Waals surface area contributed by atoms with Crippen LogP contribution < -0.4 is 4.72 Å². The zero-order valence-corrected chi connectivity index (χ0v) is 6.45. The van der Waals surface area contributed by atoms with Gasteiger partial charge in [-0.05, 0) is 20.9 Å². The van der Waals surface area contributed by atoms with Gasteiger partial charge < -0.3 is 9.35 Å². The molecule has 5 heteroatoms. The van der Waals surface area contributed by atoms with Crippen LogP contribution in [0.2, 0.25) is 0 Å². The first-order valence-corrected chi connectivity index (χ1v) is 3.32. The summed E-state index contributed by atoms with van der Waals surface area (Å²) in [6, 6.07) is 0. The molecular weight excluding hydrogens is 142 g/mol. The van der Waals surface area contributed by atoms with Gasteiger partial charge in [0.1, 0.15) is 5.78 Å². The van der Waals surface area contributed by atoms with E-state index >= 15 is 0 Å². The number of carbonyl (C=O) groups excluding carboxylic acids is 1. The lowest BCUT2D eigenvalue weighted by molar-refractivity contribution is -0.114. The first-order valence-electron chi connectivity index (χ1n) is 2.24. The van der Waals surface area contributed by atoms with Crippen LogP contribution in [0.4, 0.5) is 0 Å². The molecule has 4 nitrogen and oxygen atoms in total. The fourth-order valence-electron chi connectivity index (χ4n) is 0. The van der Waals surface area contributed by atoms with E-state index < -0.39 is 11.3 Å². The van der Waals surface area contributed by atoms with E-state index in [9.17, 15) is 13.6 Å². The average molecular weight is 152 g/mol. The fraction of sp³-hybridized carbons (Fsp3) is 0.750. The summed E-state index contributed by atoms with van der Waals surface area (Å²) in [6.45, 7) is 3.06. The van der Waals surface area contributed by atoms with Crippen molar-refractivity contribution < 1.29 is 13.6 Å². The van der Waals surface area contributed by atoms with E-state index in [0.717, 1.165) is 0 Å². The van der Waals surface area contributed by atoms with Crippen LogP contribution in [-0.2, 0) is 16.1 Å². The predicted octanol–water partition coefficient (Wildman–Crippen LogP) is -0.405. The third-order valence-electron chi connectivity index (χ3n) is 0.167.